The third-order valence-corrected chi connectivity index (χ3v) is 2.77. The minimum absolute atomic E-state index is 0.137. The number of carbonyl (C=O) groups is 1. The first-order valence-electron chi connectivity index (χ1n) is 6.11. The van der Waals surface area contributed by atoms with Gasteiger partial charge < -0.3 is 20.1 Å². The van der Waals surface area contributed by atoms with E-state index in [2.05, 4.69) is 0 Å². The maximum atomic E-state index is 10.8. The van der Waals surface area contributed by atoms with Gasteiger partial charge in [0.15, 0.2) is 0 Å². The van der Waals surface area contributed by atoms with Crippen LogP contribution >= 0.6 is 0 Å². The lowest BCUT2D eigenvalue weighted by molar-refractivity contribution is -0.114. The van der Waals surface area contributed by atoms with Crippen molar-refractivity contribution in [2.45, 2.75) is 51.0 Å². The van der Waals surface area contributed by atoms with Crippen molar-refractivity contribution in [3.05, 3.63) is 0 Å². The van der Waals surface area contributed by atoms with Gasteiger partial charge in [0.1, 0.15) is 6.29 Å². The van der Waals surface area contributed by atoms with Gasteiger partial charge in [-0.3, -0.25) is 0 Å². The molecule has 0 aromatic heterocycles. The third-order valence-electron chi connectivity index (χ3n) is 2.77. The van der Waals surface area contributed by atoms with Crippen molar-refractivity contribution in [1.29, 1.82) is 0 Å². The smallest absolute Gasteiger partial charge is 0.125 e. The molecule has 0 rings (SSSR count). The Balaban J connectivity index is 3.64. The molecule has 0 aromatic rings. The molecule has 4 nitrogen and oxygen atoms in total. The first kappa shape index (κ1) is 15.6. The molecule has 0 spiro atoms. The van der Waals surface area contributed by atoms with Crippen molar-refractivity contribution in [2.75, 3.05) is 13.2 Å². The van der Waals surface area contributed by atoms with Gasteiger partial charge in [0.2, 0.25) is 0 Å². The van der Waals surface area contributed by atoms with E-state index in [1.54, 1.807) is 0 Å². The summed E-state index contributed by atoms with van der Waals surface area (Å²) in [6.45, 7) is 0.321. The van der Waals surface area contributed by atoms with E-state index in [9.17, 15) is 9.90 Å². The van der Waals surface area contributed by atoms with Crippen LogP contribution in [0.4, 0.5) is 0 Å². The Bertz CT molecular complexity index is 161. The summed E-state index contributed by atoms with van der Waals surface area (Å²) in [5, 5.41) is 27.0. The van der Waals surface area contributed by atoms with E-state index in [-0.39, 0.29) is 19.1 Å². The molecule has 2 atom stereocenters. The van der Waals surface area contributed by atoms with E-state index < -0.39 is 6.10 Å². The molecule has 2 unspecified atom stereocenters. The van der Waals surface area contributed by atoms with Gasteiger partial charge in [-0.05, 0) is 25.7 Å². The normalized spacial score (nSPS) is 14.7. The zero-order valence-electron chi connectivity index (χ0n) is 9.85. The number of aldehydes is 1. The molecule has 0 aliphatic heterocycles. The van der Waals surface area contributed by atoms with Crippen molar-refractivity contribution >= 4 is 6.29 Å². The lowest BCUT2D eigenvalue weighted by atomic mass is 9.93. The molecule has 0 saturated carbocycles. The molecule has 0 radical (unpaired) electrons. The molecule has 0 aromatic carbocycles. The van der Waals surface area contributed by atoms with Crippen LogP contribution in [0, 0.1) is 5.92 Å². The van der Waals surface area contributed by atoms with E-state index in [4.69, 9.17) is 10.2 Å². The second kappa shape index (κ2) is 11.0. The van der Waals surface area contributed by atoms with Gasteiger partial charge >= 0.3 is 0 Å². The lowest BCUT2D eigenvalue weighted by Crippen LogP contribution is -2.21. The maximum absolute atomic E-state index is 10.8. The van der Waals surface area contributed by atoms with Crippen LogP contribution in [0.5, 0.6) is 0 Å². The highest BCUT2D eigenvalue weighted by atomic mass is 16.3. The SMILES string of the molecule is O=CC(CCCCO)C(O)CCCCCO. The van der Waals surface area contributed by atoms with E-state index in [1.165, 1.54) is 0 Å². The highest BCUT2D eigenvalue weighted by Crippen LogP contribution is 2.16. The molecule has 0 fully saturated rings. The highest BCUT2D eigenvalue weighted by Gasteiger charge is 2.17. The number of hydrogen-bond acceptors (Lipinski definition) is 4. The summed E-state index contributed by atoms with van der Waals surface area (Å²) in [6.07, 6.45) is 5.43. The number of unbranched alkanes of at least 4 members (excludes halogenated alkanes) is 3. The summed E-state index contributed by atoms with van der Waals surface area (Å²) >= 11 is 0. The molecule has 4 heteroatoms. The molecule has 0 saturated heterocycles. The van der Waals surface area contributed by atoms with E-state index in [0.717, 1.165) is 32.0 Å². The maximum Gasteiger partial charge on any atom is 0.125 e. The summed E-state index contributed by atoms with van der Waals surface area (Å²) < 4.78 is 0. The predicted octanol–water partition coefficient (Wildman–Crippen LogP) is 0.878. The van der Waals surface area contributed by atoms with Gasteiger partial charge in [0, 0.05) is 19.1 Å². The number of rotatable bonds is 11. The minimum Gasteiger partial charge on any atom is -0.396 e. The van der Waals surface area contributed by atoms with Crippen molar-refractivity contribution < 1.29 is 20.1 Å². The molecule has 0 bridgehead atoms. The Morgan fingerprint density at radius 1 is 0.875 bits per heavy atom. The third kappa shape index (κ3) is 7.79. The Hall–Kier alpha value is -0.450. The average molecular weight is 232 g/mol. The van der Waals surface area contributed by atoms with Crippen LogP contribution in [0.3, 0.4) is 0 Å². The van der Waals surface area contributed by atoms with E-state index in [1.807, 2.05) is 0 Å². The monoisotopic (exact) mass is 232 g/mol. The van der Waals surface area contributed by atoms with Crippen molar-refractivity contribution in [3.63, 3.8) is 0 Å². The minimum atomic E-state index is -0.574. The Morgan fingerprint density at radius 3 is 2.00 bits per heavy atom. The Labute approximate surface area is 97.3 Å². The van der Waals surface area contributed by atoms with Crippen LogP contribution in [0.15, 0.2) is 0 Å². The van der Waals surface area contributed by atoms with Gasteiger partial charge in [-0.2, -0.15) is 0 Å². The van der Waals surface area contributed by atoms with Gasteiger partial charge in [0.05, 0.1) is 6.10 Å². The Morgan fingerprint density at radius 2 is 1.44 bits per heavy atom. The lowest BCUT2D eigenvalue weighted by Gasteiger charge is -2.17. The summed E-state index contributed by atoms with van der Waals surface area (Å²) in [5.74, 6) is -0.305. The van der Waals surface area contributed by atoms with Crippen molar-refractivity contribution in [3.8, 4) is 0 Å². The van der Waals surface area contributed by atoms with Gasteiger partial charge in [-0.15, -0.1) is 0 Å². The van der Waals surface area contributed by atoms with E-state index >= 15 is 0 Å². The Kier molecular flexibility index (Phi) is 10.7. The largest absolute Gasteiger partial charge is 0.396 e. The standard InChI is InChI=1S/C12H24O4/c13-8-4-1-2-7-12(16)11(10-15)6-3-5-9-14/h10-14,16H,1-9H2. The van der Waals surface area contributed by atoms with Crippen LogP contribution in [-0.4, -0.2) is 40.9 Å². The fraction of sp³-hybridized carbons (Fsp3) is 0.917. The predicted molar refractivity (Wildman–Crippen MR) is 62.1 cm³/mol. The molecule has 16 heavy (non-hydrogen) atoms. The van der Waals surface area contributed by atoms with Crippen LogP contribution in [0.25, 0.3) is 0 Å². The average Bonchev–Trinajstić information content (AvgIpc) is 2.30. The van der Waals surface area contributed by atoms with Crippen molar-refractivity contribution in [1.82, 2.24) is 0 Å². The summed E-state index contributed by atoms with van der Waals surface area (Å²) in [5.41, 5.74) is 0. The van der Waals surface area contributed by atoms with E-state index in [0.29, 0.717) is 19.3 Å². The number of carbonyl (C=O) groups excluding carboxylic acids is 1. The molecular formula is C12H24O4. The van der Waals surface area contributed by atoms with Crippen LogP contribution in [0.1, 0.15) is 44.9 Å². The van der Waals surface area contributed by atoms with Crippen molar-refractivity contribution in [2.24, 2.45) is 5.92 Å². The number of aliphatic hydroxyl groups excluding tert-OH is 3. The molecule has 0 heterocycles. The van der Waals surface area contributed by atoms with Gasteiger partial charge in [0.25, 0.3) is 0 Å². The molecule has 96 valence electrons. The van der Waals surface area contributed by atoms with Crippen LogP contribution in [-0.2, 0) is 4.79 Å². The molecule has 3 N–H and O–H groups in total. The highest BCUT2D eigenvalue weighted by molar-refractivity contribution is 5.54. The zero-order chi connectivity index (χ0) is 12.2. The number of aliphatic hydroxyl groups is 3. The second-order valence-corrected chi connectivity index (χ2v) is 4.16. The summed E-state index contributed by atoms with van der Waals surface area (Å²) in [7, 11) is 0. The quantitative estimate of drug-likeness (QED) is 0.365. The van der Waals surface area contributed by atoms with Crippen LogP contribution in [0.2, 0.25) is 0 Å². The molecule has 0 aliphatic carbocycles. The first-order chi connectivity index (χ1) is 7.76. The van der Waals surface area contributed by atoms with Gasteiger partial charge in [-0.25, -0.2) is 0 Å². The molecule has 0 aliphatic rings. The zero-order valence-corrected chi connectivity index (χ0v) is 9.85. The summed E-state index contributed by atoms with van der Waals surface area (Å²) in [4.78, 5) is 10.8. The number of hydrogen-bond donors (Lipinski definition) is 3. The second-order valence-electron chi connectivity index (χ2n) is 4.16. The fourth-order valence-electron chi connectivity index (χ4n) is 1.70. The summed E-state index contributed by atoms with van der Waals surface area (Å²) in [6, 6.07) is 0. The van der Waals surface area contributed by atoms with Gasteiger partial charge in [-0.1, -0.05) is 19.3 Å². The molecular weight excluding hydrogens is 208 g/mol. The fourth-order valence-corrected chi connectivity index (χ4v) is 1.70. The first-order valence-corrected chi connectivity index (χ1v) is 6.11. The molecule has 0 amide bonds. The topological polar surface area (TPSA) is 77.8 Å². The van der Waals surface area contributed by atoms with Crippen LogP contribution < -0.4 is 0 Å².